The van der Waals surface area contributed by atoms with Gasteiger partial charge in [-0.25, -0.2) is 0 Å². The van der Waals surface area contributed by atoms with Crippen molar-refractivity contribution < 1.29 is 9.59 Å². The van der Waals surface area contributed by atoms with Crippen LogP contribution in [-0.4, -0.2) is 34.7 Å². The first kappa shape index (κ1) is 13.3. The molecular formula is C15H18N2O2. The molecule has 0 aliphatic heterocycles. The van der Waals surface area contributed by atoms with Gasteiger partial charge in [0.25, 0.3) is 0 Å². The van der Waals surface area contributed by atoms with Gasteiger partial charge >= 0.3 is 0 Å². The Morgan fingerprint density at radius 2 is 1.95 bits per heavy atom. The highest BCUT2D eigenvalue weighted by Gasteiger charge is 2.13. The van der Waals surface area contributed by atoms with Gasteiger partial charge < -0.3 is 9.47 Å². The lowest BCUT2D eigenvalue weighted by atomic mass is 10.2. The second kappa shape index (κ2) is 5.69. The van der Waals surface area contributed by atoms with Crippen LogP contribution < -0.4 is 0 Å². The Morgan fingerprint density at radius 1 is 1.26 bits per heavy atom. The SMILES string of the molecule is CCN(CC)C(=O)Cn1cc(C=O)c2ccccc21. The standard InChI is InChI=1S/C15H18N2O2/c1-3-16(4-2)15(19)10-17-9-12(11-18)13-7-5-6-8-14(13)17/h5-9,11H,3-4,10H2,1-2H3. The summed E-state index contributed by atoms with van der Waals surface area (Å²) in [5.41, 5.74) is 1.55. The van der Waals surface area contributed by atoms with E-state index in [0.717, 1.165) is 17.2 Å². The molecule has 19 heavy (non-hydrogen) atoms. The number of carbonyl (C=O) groups excluding carboxylic acids is 2. The van der Waals surface area contributed by atoms with Crippen molar-refractivity contribution in [3.05, 3.63) is 36.0 Å². The number of rotatable bonds is 5. The van der Waals surface area contributed by atoms with E-state index in [1.807, 2.05) is 42.7 Å². The molecule has 1 aromatic carbocycles. The Bertz CT molecular complexity index is 597. The minimum absolute atomic E-state index is 0.0724. The molecule has 100 valence electrons. The van der Waals surface area contributed by atoms with Crippen LogP contribution in [0.5, 0.6) is 0 Å². The van der Waals surface area contributed by atoms with Crippen molar-refractivity contribution >= 4 is 23.1 Å². The maximum absolute atomic E-state index is 12.1. The molecule has 0 radical (unpaired) electrons. The van der Waals surface area contributed by atoms with Crippen LogP contribution in [0.25, 0.3) is 10.9 Å². The van der Waals surface area contributed by atoms with Crippen LogP contribution in [0.2, 0.25) is 0 Å². The lowest BCUT2D eigenvalue weighted by molar-refractivity contribution is -0.131. The number of benzene rings is 1. The molecule has 4 heteroatoms. The summed E-state index contributed by atoms with van der Waals surface area (Å²) in [4.78, 5) is 25.0. The van der Waals surface area contributed by atoms with Crippen molar-refractivity contribution in [3.8, 4) is 0 Å². The highest BCUT2D eigenvalue weighted by Crippen LogP contribution is 2.19. The summed E-state index contributed by atoms with van der Waals surface area (Å²) in [6, 6.07) is 7.64. The van der Waals surface area contributed by atoms with Gasteiger partial charge in [0.1, 0.15) is 6.54 Å². The summed E-state index contributed by atoms with van der Waals surface area (Å²) in [7, 11) is 0. The minimum atomic E-state index is 0.0724. The molecule has 0 fully saturated rings. The highest BCUT2D eigenvalue weighted by molar-refractivity contribution is 5.98. The second-order valence-corrected chi connectivity index (χ2v) is 4.41. The predicted octanol–water partition coefficient (Wildman–Crippen LogP) is 2.32. The van der Waals surface area contributed by atoms with Gasteiger partial charge in [-0.1, -0.05) is 18.2 Å². The van der Waals surface area contributed by atoms with Gasteiger partial charge in [0.05, 0.1) is 0 Å². The predicted molar refractivity (Wildman–Crippen MR) is 75.3 cm³/mol. The minimum Gasteiger partial charge on any atom is -0.342 e. The maximum Gasteiger partial charge on any atom is 0.242 e. The summed E-state index contributed by atoms with van der Waals surface area (Å²) in [5, 5.41) is 0.893. The van der Waals surface area contributed by atoms with Gasteiger partial charge in [-0.05, 0) is 19.9 Å². The Morgan fingerprint density at radius 3 is 2.58 bits per heavy atom. The average Bonchev–Trinajstić information content (AvgIpc) is 2.78. The van der Waals surface area contributed by atoms with E-state index in [9.17, 15) is 9.59 Å². The first-order valence-electron chi connectivity index (χ1n) is 6.52. The summed E-state index contributed by atoms with van der Waals surface area (Å²) in [5.74, 6) is 0.0724. The van der Waals surface area contributed by atoms with E-state index in [-0.39, 0.29) is 12.5 Å². The van der Waals surface area contributed by atoms with Gasteiger partial charge in [-0.15, -0.1) is 0 Å². The van der Waals surface area contributed by atoms with Crippen LogP contribution in [-0.2, 0) is 11.3 Å². The smallest absolute Gasteiger partial charge is 0.242 e. The van der Waals surface area contributed by atoms with Crippen LogP contribution in [0.3, 0.4) is 0 Å². The number of carbonyl (C=O) groups is 2. The quantitative estimate of drug-likeness (QED) is 0.772. The molecule has 0 saturated carbocycles. The Balaban J connectivity index is 2.35. The molecule has 0 aliphatic rings. The van der Waals surface area contributed by atoms with E-state index < -0.39 is 0 Å². The molecule has 0 aliphatic carbocycles. The van der Waals surface area contributed by atoms with Crippen LogP contribution in [0.15, 0.2) is 30.5 Å². The highest BCUT2D eigenvalue weighted by atomic mass is 16.2. The van der Waals surface area contributed by atoms with E-state index in [4.69, 9.17) is 0 Å². The molecule has 4 nitrogen and oxygen atoms in total. The number of aromatic nitrogens is 1. The van der Waals surface area contributed by atoms with E-state index in [0.29, 0.717) is 18.7 Å². The molecule has 1 heterocycles. The van der Waals surface area contributed by atoms with Crippen molar-refractivity contribution in [1.82, 2.24) is 9.47 Å². The van der Waals surface area contributed by atoms with Crippen molar-refractivity contribution in [3.63, 3.8) is 0 Å². The summed E-state index contributed by atoms with van der Waals surface area (Å²) in [6.07, 6.45) is 2.58. The fourth-order valence-corrected chi connectivity index (χ4v) is 2.32. The maximum atomic E-state index is 12.1. The molecule has 0 saturated heterocycles. The van der Waals surface area contributed by atoms with Crippen molar-refractivity contribution in [2.24, 2.45) is 0 Å². The van der Waals surface area contributed by atoms with Crippen LogP contribution in [0.4, 0.5) is 0 Å². The van der Waals surface area contributed by atoms with E-state index in [1.165, 1.54) is 0 Å². The molecule has 2 rings (SSSR count). The first-order valence-corrected chi connectivity index (χ1v) is 6.52. The number of nitrogens with zero attached hydrogens (tertiary/aromatic N) is 2. The van der Waals surface area contributed by atoms with Gasteiger partial charge in [0.15, 0.2) is 6.29 Å². The van der Waals surface area contributed by atoms with Gasteiger partial charge in [-0.3, -0.25) is 9.59 Å². The lowest BCUT2D eigenvalue weighted by Gasteiger charge is -2.19. The van der Waals surface area contributed by atoms with Crippen molar-refractivity contribution in [1.29, 1.82) is 0 Å². The largest absolute Gasteiger partial charge is 0.342 e. The number of aldehydes is 1. The molecule has 0 spiro atoms. The van der Waals surface area contributed by atoms with Crippen LogP contribution in [0.1, 0.15) is 24.2 Å². The van der Waals surface area contributed by atoms with Crippen LogP contribution in [0, 0.1) is 0 Å². The third kappa shape index (κ3) is 2.52. The molecule has 0 atom stereocenters. The average molecular weight is 258 g/mol. The lowest BCUT2D eigenvalue weighted by Crippen LogP contribution is -2.33. The summed E-state index contributed by atoms with van der Waals surface area (Å²) >= 11 is 0. The first-order chi connectivity index (χ1) is 9.21. The normalized spacial score (nSPS) is 10.6. The third-order valence-corrected chi connectivity index (χ3v) is 3.37. The van der Waals surface area contributed by atoms with E-state index >= 15 is 0 Å². The Labute approximate surface area is 112 Å². The zero-order valence-corrected chi connectivity index (χ0v) is 11.3. The third-order valence-electron chi connectivity index (χ3n) is 3.37. The summed E-state index contributed by atoms with van der Waals surface area (Å²) < 4.78 is 1.85. The van der Waals surface area contributed by atoms with Crippen LogP contribution >= 0.6 is 0 Å². The zero-order chi connectivity index (χ0) is 13.8. The fraction of sp³-hybridized carbons (Fsp3) is 0.333. The summed E-state index contributed by atoms with van der Waals surface area (Å²) in [6.45, 7) is 5.61. The number of fused-ring (bicyclic) bond motifs is 1. The van der Waals surface area contributed by atoms with Gasteiger partial charge in [0.2, 0.25) is 5.91 Å². The number of likely N-dealkylation sites (N-methyl/N-ethyl adjacent to an activating group) is 1. The van der Waals surface area contributed by atoms with Crippen molar-refractivity contribution in [2.75, 3.05) is 13.1 Å². The topological polar surface area (TPSA) is 42.3 Å². The Kier molecular flexibility index (Phi) is 4.00. The molecule has 2 aromatic rings. The van der Waals surface area contributed by atoms with Crippen molar-refractivity contribution in [2.45, 2.75) is 20.4 Å². The number of hydrogen-bond acceptors (Lipinski definition) is 2. The number of hydrogen-bond donors (Lipinski definition) is 0. The van der Waals surface area contributed by atoms with Gasteiger partial charge in [-0.2, -0.15) is 0 Å². The molecular weight excluding hydrogens is 240 g/mol. The molecule has 0 bridgehead atoms. The zero-order valence-electron chi connectivity index (χ0n) is 11.3. The fourth-order valence-electron chi connectivity index (χ4n) is 2.32. The Hall–Kier alpha value is -2.10. The van der Waals surface area contributed by atoms with E-state index in [2.05, 4.69) is 0 Å². The molecule has 1 amide bonds. The van der Waals surface area contributed by atoms with E-state index in [1.54, 1.807) is 11.1 Å². The second-order valence-electron chi connectivity index (χ2n) is 4.41. The monoisotopic (exact) mass is 258 g/mol. The molecule has 0 N–H and O–H groups in total. The molecule has 1 aromatic heterocycles. The van der Waals surface area contributed by atoms with Gasteiger partial charge in [0, 0.05) is 35.8 Å². The number of amides is 1. The molecule has 0 unspecified atom stereocenters. The number of para-hydroxylation sites is 1.